The quantitative estimate of drug-likeness (QED) is 0.358. The summed E-state index contributed by atoms with van der Waals surface area (Å²) in [6, 6.07) is 10.8. The molecule has 1 fully saturated rings. The lowest BCUT2D eigenvalue weighted by Gasteiger charge is -2.13. The van der Waals surface area contributed by atoms with Crippen molar-refractivity contribution in [2.75, 3.05) is 13.2 Å². The molecule has 0 spiro atoms. The van der Waals surface area contributed by atoms with Gasteiger partial charge in [0.25, 0.3) is 5.91 Å². The zero-order valence-electron chi connectivity index (χ0n) is 15.9. The highest BCUT2D eigenvalue weighted by molar-refractivity contribution is 8.26. The van der Waals surface area contributed by atoms with Crippen molar-refractivity contribution in [1.82, 2.24) is 4.90 Å². The minimum absolute atomic E-state index is 0.0711. The molecule has 0 aromatic heterocycles. The Labute approximate surface area is 189 Å². The Balaban J connectivity index is 1.81. The van der Waals surface area contributed by atoms with Gasteiger partial charge in [-0.1, -0.05) is 59.3 Å². The number of hydrogen-bond acceptors (Lipinski definition) is 5. The lowest BCUT2D eigenvalue weighted by Crippen LogP contribution is -2.27. The summed E-state index contributed by atoms with van der Waals surface area (Å²) in [5.74, 6) is 1.12. The highest BCUT2D eigenvalue weighted by Crippen LogP contribution is 2.35. The van der Waals surface area contributed by atoms with Crippen LogP contribution < -0.4 is 9.47 Å². The zero-order chi connectivity index (χ0) is 21.0. The molecule has 29 heavy (non-hydrogen) atoms. The van der Waals surface area contributed by atoms with Gasteiger partial charge in [-0.05, 0) is 49.8 Å². The number of thioether (sulfide) groups is 1. The number of rotatable bonds is 7. The van der Waals surface area contributed by atoms with Gasteiger partial charge in [-0.25, -0.2) is 0 Å². The average Bonchev–Trinajstić information content (AvgIpc) is 2.95. The van der Waals surface area contributed by atoms with E-state index in [2.05, 4.69) is 0 Å². The van der Waals surface area contributed by atoms with Crippen LogP contribution in [-0.4, -0.2) is 28.3 Å². The predicted octanol–water partition coefficient (Wildman–Crippen LogP) is 6.19. The summed E-state index contributed by atoms with van der Waals surface area (Å²) < 4.78 is 12.2. The van der Waals surface area contributed by atoms with Crippen molar-refractivity contribution in [2.24, 2.45) is 0 Å². The van der Waals surface area contributed by atoms with Gasteiger partial charge in [0.15, 0.2) is 11.5 Å². The minimum Gasteiger partial charge on any atom is -0.490 e. The third-order valence-corrected chi connectivity index (χ3v) is 6.12. The number of benzene rings is 2. The Hall–Kier alpha value is -1.73. The van der Waals surface area contributed by atoms with Crippen LogP contribution in [0.1, 0.15) is 25.0 Å². The van der Waals surface area contributed by atoms with Crippen LogP contribution in [-0.2, 0) is 11.4 Å². The van der Waals surface area contributed by atoms with Gasteiger partial charge in [0, 0.05) is 22.2 Å². The van der Waals surface area contributed by atoms with Crippen molar-refractivity contribution in [1.29, 1.82) is 0 Å². The van der Waals surface area contributed by atoms with Crippen molar-refractivity contribution in [3.8, 4) is 11.5 Å². The van der Waals surface area contributed by atoms with Crippen molar-refractivity contribution in [3.05, 3.63) is 62.5 Å². The van der Waals surface area contributed by atoms with Crippen molar-refractivity contribution < 1.29 is 14.3 Å². The van der Waals surface area contributed by atoms with Gasteiger partial charge >= 0.3 is 0 Å². The second kappa shape index (κ2) is 9.85. The number of nitrogens with zero attached hydrogens (tertiary/aromatic N) is 1. The molecular formula is C21H19Cl2NO3S2. The molecule has 2 aromatic carbocycles. The molecule has 1 heterocycles. The first kappa shape index (κ1) is 22.0. The van der Waals surface area contributed by atoms with Crippen LogP contribution in [0.5, 0.6) is 11.5 Å². The van der Waals surface area contributed by atoms with Crippen LogP contribution in [0.3, 0.4) is 0 Å². The fourth-order valence-corrected chi connectivity index (χ4v) is 4.57. The number of halogens is 2. The molecule has 152 valence electrons. The highest BCUT2D eigenvalue weighted by Gasteiger charge is 2.30. The number of carbonyl (C=O) groups excluding carboxylic acids is 1. The summed E-state index contributed by atoms with van der Waals surface area (Å²) in [4.78, 5) is 14.6. The van der Waals surface area contributed by atoms with Crippen LogP contribution in [0.4, 0.5) is 0 Å². The molecule has 1 aliphatic rings. The Bertz CT molecular complexity index is 978. The molecule has 0 N–H and O–H groups in total. The van der Waals surface area contributed by atoms with E-state index in [-0.39, 0.29) is 12.5 Å². The topological polar surface area (TPSA) is 38.8 Å². The van der Waals surface area contributed by atoms with Crippen LogP contribution in [0.25, 0.3) is 6.08 Å². The maximum Gasteiger partial charge on any atom is 0.266 e. The number of likely N-dealkylation sites (N-methyl/N-ethyl adjacent to an activating group) is 1. The zero-order valence-corrected chi connectivity index (χ0v) is 19.1. The van der Waals surface area contributed by atoms with E-state index in [9.17, 15) is 4.79 Å². The van der Waals surface area contributed by atoms with E-state index >= 15 is 0 Å². The van der Waals surface area contributed by atoms with Gasteiger partial charge in [-0.15, -0.1) is 0 Å². The molecule has 4 nitrogen and oxygen atoms in total. The molecule has 0 saturated carbocycles. The third-order valence-electron chi connectivity index (χ3n) is 4.15. The van der Waals surface area contributed by atoms with Crippen molar-refractivity contribution in [2.45, 2.75) is 20.5 Å². The van der Waals surface area contributed by atoms with E-state index in [0.29, 0.717) is 43.9 Å². The van der Waals surface area contributed by atoms with Crippen molar-refractivity contribution >= 4 is 63.5 Å². The maximum absolute atomic E-state index is 12.4. The standard InChI is InChI=1S/C21H19Cl2NO3S2/c1-3-24-20(25)19(29-21(24)28)10-13-5-8-17(18(9-13)26-4-2)27-12-14-6-7-15(22)11-16(14)23/h5-11H,3-4,12H2,1-2H3/b19-10+. The molecule has 8 heteroatoms. The van der Waals surface area contributed by atoms with E-state index in [4.69, 9.17) is 44.9 Å². The molecule has 0 radical (unpaired) electrons. The first-order valence-corrected chi connectivity index (χ1v) is 11.0. The van der Waals surface area contributed by atoms with Gasteiger partial charge in [0.05, 0.1) is 11.5 Å². The monoisotopic (exact) mass is 467 g/mol. The van der Waals surface area contributed by atoms with E-state index in [1.165, 1.54) is 11.8 Å². The number of amides is 1. The maximum atomic E-state index is 12.4. The Kier molecular flexibility index (Phi) is 7.46. The molecule has 0 bridgehead atoms. The largest absolute Gasteiger partial charge is 0.490 e. The number of ether oxygens (including phenoxy) is 2. The summed E-state index contributed by atoms with van der Waals surface area (Å²) in [6.07, 6.45) is 1.82. The second-order valence-electron chi connectivity index (χ2n) is 6.09. The van der Waals surface area contributed by atoms with Crippen LogP contribution in [0.15, 0.2) is 41.3 Å². The number of thiocarbonyl (C=S) groups is 1. The van der Waals surface area contributed by atoms with Crippen LogP contribution >= 0.6 is 47.2 Å². The lowest BCUT2D eigenvalue weighted by atomic mass is 10.1. The Morgan fingerprint density at radius 1 is 1.10 bits per heavy atom. The van der Waals surface area contributed by atoms with Gasteiger partial charge in [0.2, 0.25) is 0 Å². The SMILES string of the molecule is CCOc1cc(/C=C2/SC(=S)N(CC)C2=O)ccc1OCc1ccc(Cl)cc1Cl. The summed E-state index contributed by atoms with van der Waals surface area (Å²) in [5.41, 5.74) is 1.66. The van der Waals surface area contributed by atoms with E-state index < -0.39 is 0 Å². The molecule has 0 atom stereocenters. The molecule has 1 aliphatic heterocycles. The van der Waals surface area contributed by atoms with Gasteiger partial charge in [-0.2, -0.15) is 0 Å². The molecule has 0 unspecified atom stereocenters. The minimum atomic E-state index is -0.0711. The molecule has 0 aliphatic carbocycles. The van der Waals surface area contributed by atoms with E-state index in [0.717, 1.165) is 11.1 Å². The fourth-order valence-electron chi connectivity index (χ4n) is 2.72. The number of hydrogen-bond donors (Lipinski definition) is 0. The van der Waals surface area contributed by atoms with E-state index in [1.807, 2.05) is 44.2 Å². The summed E-state index contributed by atoms with van der Waals surface area (Å²) >= 11 is 18.7. The highest BCUT2D eigenvalue weighted by atomic mass is 35.5. The van der Waals surface area contributed by atoms with Gasteiger partial charge in [-0.3, -0.25) is 9.69 Å². The molecule has 1 amide bonds. The average molecular weight is 468 g/mol. The molecular weight excluding hydrogens is 449 g/mol. The Morgan fingerprint density at radius 3 is 2.55 bits per heavy atom. The summed E-state index contributed by atoms with van der Waals surface area (Å²) in [6.45, 7) is 5.13. The van der Waals surface area contributed by atoms with Crippen LogP contribution in [0, 0.1) is 0 Å². The first-order valence-electron chi connectivity index (χ1n) is 9.01. The van der Waals surface area contributed by atoms with Gasteiger partial charge in [0.1, 0.15) is 10.9 Å². The fraction of sp³-hybridized carbons (Fsp3) is 0.238. The normalized spacial score (nSPS) is 15.3. The van der Waals surface area contributed by atoms with Gasteiger partial charge < -0.3 is 9.47 Å². The third kappa shape index (κ3) is 5.25. The van der Waals surface area contributed by atoms with Crippen molar-refractivity contribution in [3.63, 3.8) is 0 Å². The summed E-state index contributed by atoms with van der Waals surface area (Å²) in [7, 11) is 0. The smallest absolute Gasteiger partial charge is 0.266 e. The predicted molar refractivity (Wildman–Crippen MR) is 124 cm³/mol. The Morgan fingerprint density at radius 2 is 1.90 bits per heavy atom. The summed E-state index contributed by atoms with van der Waals surface area (Å²) in [5, 5.41) is 1.12. The second-order valence-corrected chi connectivity index (χ2v) is 8.61. The van der Waals surface area contributed by atoms with Crippen LogP contribution in [0.2, 0.25) is 10.0 Å². The lowest BCUT2D eigenvalue weighted by molar-refractivity contribution is -0.121. The molecule has 1 saturated heterocycles. The first-order chi connectivity index (χ1) is 13.9. The van der Waals surface area contributed by atoms with E-state index in [1.54, 1.807) is 17.0 Å². The number of carbonyl (C=O) groups is 1. The molecule has 2 aromatic rings. The molecule has 3 rings (SSSR count).